The van der Waals surface area contributed by atoms with E-state index in [1.807, 2.05) is 18.2 Å². The number of hydrogen-bond donors (Lipinski definition) is 1. The van der Waals surface area contributed by atoms with Gasteiger partial charge in [0, 0.05) is 15.9 Å². The van der Waals surface area contributed by atoms with Crippen LogP contribution in [0.25, 0.3) is 0 Å². The fourth-order valence-corrected chi connectivity index (χ4v) is 3.66. The van der Waals surface area contributed by atoms with Crippen molar-refractivity contribution in [2.75, 3.05) is 0 Å². The zero-order valence-electron chi connectivity index (χ0n) is 11.1. The highest BCUT2D eigenvalue weighted by molar-refractivity contribution is 9.10. The zero-order chi connectivity index (χ0) is 14.1. The Morgan fingerprint density at radius 1 is 1.10 bits per heavy atom. The van der Waals surface area contributed by atoms with Gasteiger partial charge in [0.2, 0.25) is 0 Å². The predicted molar refractivity (Wildman–Crippen MR) is 86.3 cm³/mol. The van der Waals surface area contributed by atoms with Crippen molar-refractivity contribution in [1.29, 1.82) is 0 Å². The molecule has 0 saturated carbocycles. The van der Waals surface area contributed by atoms with Gasteiger partial charge in [-0.15, -0.1) is 0 Å². The van der Waals surface area contributed by atoms with Crippen LogP contribution in [0, 0.1) is 0 Å². The van der Waals surface area contributed by atoms with Crippen LogP contribution in [0.1, 0.15) is 34.8 Å². The zero-order valence-corrected chi connectivity index (χ0v) is 13.4. The van der Waals surface area contributed by atoms with Crippen molar-refractivity contribution in [3.05, 3.63) is 68.1 Å². The first-order chi connectivity index (χ1) is 9.63. The maximum Gasteiger partial charge on any atom is 0.0844 e. The van der Waals surface area contributed by atoms with E-state index < -0.39 is 6.10 Å². The number of rotatable bonds is 3. The molecule has 0 aromatic heterocycles. The summed E-state index contributed by atoms with van der Waals surface area (Å²) in [6, 6.07) is 12.2. The quantitative estimate of drug-likeness (QED) is 0.836. The SMILES string of the molecule is OC(Cc1ccc2c(c1)CCC2)c1ccc(Br)cc1Cl. The van der Waals surface area contributed by atoms with Crippen LogP contribution in [0.2, 0.25) is 5.02 Å². The van der Waals surface area contributed by atoms with Crippen LogP contribution in [0.4, 0.5) is 0 Å². The Morgan fingerprint density at radius 3 is 2.70 bits per heavy atom. The van der Waals surface area contributed by atoms with Crippen molar-refractivity contribution < 1.29 is 5.11 Å². The average molecular weight is 352 g/mol. The number of aliphatic hydroxyl groups excluding tert-OH is 1. The summed E-state index contributed by atoms with van der Waals surface area (Å²) in [4.78, 5) is 0. The van der Waals surface area contributed by atoms with Crippen molar-refractivity contribution in [2.45, 2.75) is 31.8 Å². The molecule has 2 aromatic carbocycles. The summed E-state index contributed by atoms with van der Waals surface area (Å²) in [5.74, 6) is 0. The summed E-state index contributed by atoms with van der Waals surface area (Å²) in [6.45, 7) is 0. The minimum absolute atomic E-state index is 0.560. The van der Waals surface area contributed by atoms with Gasteiger partial charge in [-0.25, -0.2) is 0 Å². The van der Waals surface area contributed by atoms with Gasteiger partial charge in [0.1, 0.15) is 0 Å². The normalized spacial score (nSPS) is 15.2. The fourth-order valence-electron chi connectivity index (χ4n) is 2.86. The van der Waals surface area contributed by atoms with Crippen molar-refractivity contribution >= 4 is 27.5 Å². The number of aliphatic hydroxyl groups is 1. The molecule has 3 rings (SSSR count). The number of fused-ring (bicyclic) bond motifs is 1. The highest BCUT2D eigenvalue weighted by Gasteiger charge is 2.15. The summed E-state index contributed by atoms with van der Waals surface area (Å²) in [5, 5.41) is 11.0. The second kappa shape index (κ2) is 5.88. The van der Waals surface area contributed by atoms with E-state index in [9.17, 15) is 5.11 Å². The molecule has 0 amide bonds. The Morgan fingerprint density at radius 2 is 1.90 bits per heavy atom. The largest absolute Gasteiger partial charge is 0.388 e. The lowest BCUT2D eigenvalue weighted by molar-refractivity contribution is 0.178. The molecule has 104 valence electrons. The minimum atomic E-state index is -0.560. The van der Waals surface area contributed by atoms with E-state index in [-0.39, 0.29) is 0 Å². The average Bonchev–Trinajstić information content (AvgIpc) is 2.85. The van der Waals surface area contributed by atoms with Gasteiger partial charge < -0.3 is 5.11 Å². The second-order valence-corrected chi connectivity index (χ2v) is 6.67. The van der Waals surface area contributed by atoms with Gasteiger partial charge in [0.25, 0.3) is 0 Å². The fraction of sp³-hybridized carbons (Fsp3) is 0.294. The molecule has 0 spiro atoms. The molecule has 3 heteroatoms. The van der Waals surface area contributed by atoms with Crippen LogP contribution in [0.3, 0.4) is 0 Å². The molecule has 0 aliphatic heterocycles. The molecule has 0 radical (unpaired) electrons. The molecule has 0 saturated heterocycles. The van der Waals surface area contributed by atoms with Gasteiger partial charge in [-0.05, 0) is 53.6 Å². The van der Waals surface area contributed by atoms with Crippen LogP contribution in [0.15, 0.2) is 40.9 Å². The molecule has 0 fully saturated rings. The Bertz CT molecular complexity index is 639. The van der Waals surface area contributed by atoms with E-state index in [1.54, 1.807) is 0 Å². The standard InChI is InChI=1S/C17H16BrClO/c18-14-6-7-15(16(19)10-14)17(20)9-11-4-5-12-2-1-3-13(12)8-11/h4-8,10,17,20H,1-3,9H2. The molecule has 1 N–H and O–H groups in total. The highest BCUT2D eigenvalue weighted by atomic mass is 79.9. The number of hydrogen-bond acceptors (Lipinski definition) is 1. The van der Waals surface area contributed by atoms with E-state index in [2.05, 4.69) is 34.1 Å². The van der Waals surface area contributed by atoms with Crippen molar-refractivity contribution in [3.63, 3.8) is 0 Å². The second-order valence-electron chi connectivity index (χ2n) is 5.34. The van der Waals surface area contributed by atoms with Crippen LogP contribution in [0.5, 0.6) is 0 Å². The van der Waals surface area contributed by atoms with E-state index in [1.165, 1.54) is 29.5 Å². The number of halogens is 2. The first-order valence-electron chi connectivity index (χ1n) is 6.87. The van der Waals surface area contributed by atoms with Crippen molar-refractivity contribution in [1.82, 2.24) is 0 Å². The maximum atomic E-state index is 10.4. The molecule has 1 aliphatic rings. The summed E-state index contributed by atoms with van der Waals surface area (Å²) >= 11 is 9.57. The smallest absolute Gasteiger partial charge is 0.0844 e. The monoisotopic (exact) mass is 350 g/mol. The Balaban J connectivity index is 1.80. The van der Waals surface area contributed by atoms with Gasteiger partial charge in [0.05, 0.1) is 6.10 Å². The molecule has 20 heavy (non-hydrogen) atoms. The van der Waals surface area contributed by atoms with E-state index in [4.69, 9.17) is 11.6 Å². The number of benzene rings is 2. The molecule has 0 heterocycles. The third kappa shape index (κ3) is 2.93. The molecule has 1 nitrogen and oxygen atoms in total. The molecular weight excluding hydrogens is 336 g/mol. The van der Waals surface area contributed by atoms with Gasteiger partial charge in [-0.1, -0.05) is 51.8 Å². The molecule has 1 aliphatic carbocycles. The van der Waals surface area contributed by atoms with E-state index in [0.717, 1.165) is 16.5 Å². The maximum absolute atomic E-state index is 10.4. The lowest BCUT2D eigenvalue weighted by Gasteiger charge is -2.14. The first-order valence-corrected chi connectivity index (χ1v) is 8.04. The Kier molecular flexibility index (Phi) is 4.16. The van der Waals surface area contributed by atoms with Crippen LogP contribution in [-0.2, 0) is 19.3 Å². The van der Waals surface area contributed by atoms with Gasteiger partial charge >= 0.3 is 0 Å². The first kappa shape index (κ1) is 14.1. The molecule has 0 bridgehead atoms. The van der Waals surface area contributed by atoms with Crippen LogP contribution in [-0.4, -0.2) is 5.11 Å². The summed E-state index contributed by atoms with van der Waals surface area (Å²) in [5.41, 5.74) is 4.87. The van der Waals surface area contributed by atoms with Gasteiger partial charge in [0.15, 0.2) is 0 Å². The van der Waals surface area contributed by atoms with Gasteiger partial charge in [-0.2, -0.15) is 0 Å². The van der Waals surface area contributed by atoms with E-state index in [0.29, 0.717) is 11.4 Å². The highest BCUT2D eigenvalue weighted by Crippen LogP contribution is 2.30. The minimum Gasteiger partial charge on any atom is -0.388 e. The Labute approximate surface area is 132 Å². The lowest BCUT2D eigenvalue weighted by atomic mass is 9.98. The van der Waals surface area contributed by atoms with Crippen LogP contribution < -0.4 is 0 Å². The van der Waals surface area contributed by atoms with Crippen molar-refractivity contribution in [2.24, 2.45) is 0 Å². The number of aryl methyl sites for hydroxylation is 2. The van der Waals surface area contributed by atoms with Gasteiger partial charge in [-0.3, -0.25) is 0 Å². The van der Waals surface area contributed by atoms with Crippen LogP contribution >= 0.6 is 27.5 Å². The summed E-state index contributed by atoms with van der Waals surface area (Å²) in [6.07, 6.45) is 3.65. The molecule has 2 aromatic rings. The Hall–Kier alpha value is -0.830. The summed E-state index contributed by atoms with van der Waals surface area (Å²) in [7, 11) is 0. The van der Waals surface area contributed by atoms with Crippen molar-refractivity contribution in [3.8, 4) is 0 Å². The van der Waals surface area contributed by atoms with E-state index >= 15 is 0 Å². The third-order valence-electron chi connectivity index (χ3n) is 3.91. The molecular formula is C17H16BrClO. The molecule has 1 atom stereocenters. The third-order valence-corrected chi connectivity index (χ3v) is 4.73. The summed E-state index contributed by atoms with van der Waals surface area (Å²) < 4.78 is 0.927. The predicted octanol–water partition coefficient (Wildman–Crippen LogP) is 4.87. The molecule has 1 unspecified atom stereocenters. The lowest BCUT2D eigenvalue weighted by Crippen LogP contribution is -2.03. The topological polar surface area (TPSA) is 20.2 Å².